The summed E-state index contributed by atoms with van der Waals surface area (Å²) in [7, 11) is -1.35. The highest BCUT2D eigenvalue weighted by Gasteiger charge is 2.64. The third-order valence-corrected chi connectivity index (χ3v) is 12.2. The number of epoxide rings is 1. The molecule has 1 heterocycles. The van der Waals surface area contributed by atoms with Crippen molar-refractivity contribution in [1.29, 1.82) is 0 Å². The summed E-state index contributed by atoms with van der Waals surface area (Å²) in [6.45, 7) is 19.0. The van der Waals surface area contributed by atoms with Crippen LogP contribution in [0.2, 0.25) is 16.6 Å². The lowest BCUT2D eigenvalue weighted by atomic mass is 10.3. The molecule has 1 rings (SSSR count). The molecular formula is C13H28OSi. The predicted molar refractivity (Wildman–Crippen MR) is 70.0 cm³/mol. The minimum atomic E-state index is -1.35. The van der Waals surface area contributed by atoms with E-state index in [-0.39, 0.29) is 5.60 Å². The van der Waals surface area contributed by atoms with E-state index in [2.05, 4.69) is 55.4 Å². The first kappa shape index (κ1) is 13.2. The Morgan fingerprint density at radius 1 is 0.867 bits per heavy atom. The maximum absolute atomic E-state index is 6.02. The molecule has 0 aromatic rings. The Bertz CT molecular complexity index is 209. The van der Waals surface area contributed by atoms with E-state index in [1.807, 2.05) is 0 Å². The second kappa shape index (κ2) is 3.88. The van der Waals surface area contributed by atoms with Crippen LogP contribution < -0.4 is 0 Å². The van der Waals surface area contributed by atoms with E-state index >= 15 is 0 Å². The number of ether oxygens (including phenoxy) is 1. The van der Waals surface area contributed by atoms with Gasteiger partial charge in [-0.1, -0.05) is 41.5 Å². The van der Waals surface area contributed by atoms with Crippen LogP contribution in [-0.4, -0.2) is 19.4 Å². The molecule has 0 saturated carbocycles. The molecule has 0 aromatic carbocycles. The SMILES string of the molecule is CC(C)[Si](C(C)C)(C(C)C)C1OC1(C)C. The molecule has 0 amide bonds. The van der Waals surface area contributed by atoms with Gasteiger partial charge in [0.1, 0.15) is 0 Å². The zero-order chi connectivity index (χ0) is 12.0. The van der Waals surface area contributed by atoms with Gasteiger partial charge in [0.05, 0.1) is 19.4 Å². The predicted octanol–water partition coefficient (Wildman–Crippen LogP) is 4.38. The smallest absolute Gasteiger partial charge is 0.0989 e. The van der Waals surface area contributed by atoms with Gasteiger partial charge in [-0.05, 0) is 30.5 Å². The van der Waals surface area contributed by atoms with E-state index in [0.717, 1.165) is 16.6 Å². The van der Waals surface area contributed by atoms with E-state index in [0.29, 0.717) is 5.73 Å². The number of hydrogen-bond donors (Lipinski definition) is 0. The van der Waals surface area contributed by atoms with Gasteiger partial charge in [-0.25, -0.2) is 0 Å². The number of hydrogen-bond acceptors (Lipinski definition) is 1. The quantitative estimate of drug-likeness (QED) is 0.514. The van der Waals surface area contributed by atoms with Crippen molar-refractivity contribution in [3.8, 4) is 0 Å². The summed E-state index contributed by atoms with van der Waals surface area (Å²) in [5.74, 6) is 0. The molecule has 0 spiro atoms. The Morgan fingerprint density at radius 2 is 1.13 bits per heavy atom. The Balaban J connectivity index is 3.05. The van der Waals surface area contributed by atoms with Crippen LogP contribution in [0.3, 0.4) is 0 Å². The fraction of sp³-hybridized carbons (Fsp3) is 1.00. The zero-order valence-corrected chi connectivity index (χ0v) is 12.7. The lowest BCUT2D eigenvalue weighted by Gasteiger charge is -2.42. The monoisotopic (exact) mass is 228 g/mol. The largest absolute Gasteiger partial charge is 0.370 e. The fourth-order valence-electron chi connectivity index (χ4n) is 3.88. The van der Waals surface area contributed by atoms with E-state index in [1.165, 1.54) is 0 Å². The molecule has 90 valence electrons. The van der Waals surface area contributed by atoms with Crippen LogP contribution in [0.1, 0.15) is 55.4 Å². The van der Waals surface area contributed by atoms with E-state index < -0.39 is 8.07 Å². The standard InChI is InChI=1S/C13H28OSi/c1-9(2)15(10(3)4,11(5)6)12-13(7,8)14-12/h9-12H,1-8H3. The van der Waals surface area contributed by atoms with Gasteiger partial charge in [-0.2, -0.15) is 0 Å². The van der Waals surface area contributed by atoms with Crippen LogP contribution in [0, 0.1) is 0 Å². The van der Waals surface area contributed by atoms with Gasteiger partial charge in [0, 0.05) is 0 Å². The van der Waals surface area contributed by atoms with Gasteiger partial charge < -0.3 is 4.74 Å². The Labute approximate surface area is 96.6 Å². The molecule has 0 aromatic heterocycles. The van der Waals surface area contributed by atoms with Crippen molar-refractivity contribution in [3.05, 3.63) is 0 Å². The van der Waals surface area contributed by atoms with Crippen molar-refractivity contribution in [1.82, 2.24) is 0 Å². The summed E-state index contributed by atoms with van der Waals surface area (Å²) in [5, 5.41) is 0. The molecule has 0 aliphatic carbocycles. The molecule has 1 fully saturated rings. The van der Waals surface area contributed by atoms with Crippen molar-refractivity contribution >= 4 is 8.07 Å². The summed E-state index contributed by atoms with van der Waals surface area (Å²) in [6, 6.07) is 0. The minimum absolute atomic E-state index is 0.158. The van der Waals surface area contributed by atoms with Gasteiger partial charge in [0.25, 0.3) is 0 Å². The summed E-state index contributed by atoms with van der Waals surface area (Å²) in [6.07, 6.45) is 0. The minimum Gasteiger partial charge on any atom is -0.370 e. The summed E-state index contributed by atoms with van der Waals surface area (Å²) in [4.78, 5) is 0. The Hall–Kier alpha value is 0.177. The van der Waals surface area contributed by atoms with Crippen LogP contribution in [-0.2, 0) is 4.74 Å². The van der Waals surface area contributed by atoms with E-state index in [4.69, 9.17) is 4.74 Å². The summed E-state index contributed by atoms with van der Waals surface area (Å²) >= 11 is 0. The highest BCUT2D eigenvalue weighted by atomic mass is 28.3. The highest BCUT2D eigenvalue weighted by Crippen LogP contribution is 2.55. The van der Waals surface area contributed by atoms with Crippen LogP contribution in [0.5, 0.6) is 0 Å². The average molecular weight is 228 g/mol. The second-order valence-corrected chi connectivity index (χ2v) is 12.6. The summed E-state index contributed by atoms with van der Waals surface area (Å²) in [5.41, 5.74) is 3.16. The zero-order valence-electron chi connectivity index (χ0n) is 11.7. The molecular weight excluding hydrogens is 200 g/mol. The van der Waals surface area contributed by atoms with Crippen molar-refractivity contribution in [2.24, 2.45) is 0 Å². The first-order chi connectivity index (χ1) is 6.67. The molecule has 0 N–H and O–H groups in total. The second-order valence-electron chi connectivity index (χ2n) is 6.57. The van der Waals surface area contributed by atoms with Crippen LogP contribution >= 0.6 is 0 Å². The summed E-state index contributed by atoms with van der Waals surface area (Å²) < 4.78 is 6.02. The Kier molecular flexibility index (Phi) is 3.43. The first-order valence-electron chi connectivity index (χ1n) is 6.35. The average Bonchev–Trinajstić information content (AvgIpc) is 2.58. The highest BCUT2D eigenvalue weighted by molar-refractivity contribution is 6.85. The van der Waals surface area contributed by atoms with Gasteiger partial charge in [0.2, 0.25) is 0 Å². The molecule has 1 aliphatic heterocycles. The van der Waals surface area contributed by atoms with Crippen molar-refractivity contribution < 1.29 is 4.74 Å². The Morgan fingerprint density at radius 3 is 1.20 bits per heavy atom. The van der Waals surface area contributed by atoms with E-state index in [1.54, 1.807) is 0 Å². The fourth-order valence-corrected chi connectivity index (χ4v) is 11.4. The molecule has 0 bridgehead atoms. The first-order valence-corrected chi connectivity index (χ1v) is 8.66. The van der Waals surface area contributed by atoms with Crippen LogP contribution in [0.4, 0.5) is 0 Å². The van der Waals surface area contributed by atoms with Crippen LogP contribution in [0.25, 0.3) is 0 Å². The van der Waals surface area contributed by atoms with Crippen molar-refractivity contribution in [2.45, 2.75) is 83.3 Å². The lowest BCUT2D eigenvalue weighted by molar-refractivity contribution is 0.335. The van der Waals surface area contributed by atoms with Crippen LogP contribution in [0.15, 0.2) is 0 Å². The molecule has 15 heavy (non-hydrogen) atoms. The lowest BCUT2D eigenvalue weighted by Crippen LogP contribution is -2.52. The molecule has 0 radical (unpaired) electrons. The van der Waals surface area contributed by atoms with Gasteiger partial charge in [-0.3, -0.25) is 0 Å². The maximum atomic E-state index is 6.02. The topological polar surface area (TPSA) is 12.5 Å². The molecule has 1 aliphatic rings. The molecule has 1 nitrogen and oxygen atoms in total. The van der Waals surface area contributed by atoms with Crippen molar-refractivity contribution in [2.75, 3.05) is 0 Å². The van der Waals surface area contributed by atoms with Gasteiger partial charge >= 0.3 is 0 Å². The molecule has 1 atom stereocenters. The third-order valence-electron chi connectivity index (χ3n) is 4.45. The molecule has 1 unspecified atom stereocenters. The number of rotatable bonds is 4. The molecule has 2 heteroatoms. The third kappa shape index (κ3) is 1.91. The van der Waals surface area contributed by atoms with Gasteiger partial charge in [0.15, 0.2) is 0 Å². The molecule has 1 saturated heterocycles. The maximum Gasteiger partial charge on any atom is 0.0989 e. The van der Waals surface area contributed by atoms with Gasteiger partial charge in [-0.15, -0.1) is 0 Å². The normalized spacial score (nSPS) is 25.4. The van der Waals surface area contributed by atoms with Crippen molar-refractivity contribution in [3.63, 3.8) is 0 Å². The van der Waals surface area contributed by atoms with E-state index in [9.17, 15) is 0 Å².